The summed E-state index contributed by atoms with van der Waals surface area (Å²) in [5.41, 5.74) is 1.65. The molecule has 1 aromatic carbocycles. The summed E-state index contributed by atoms with van der Waals surface area (Å²) in [4.78, 5) is 23.5. The third-order valence-electron chi connectivity index (χ3n) is 4.19. The number of thioether (sulfide) groups is 1. The molecule has 0 aliphatic heterocycles. The smallest absolute Gasteiger partial charge is 0.258 e. The number of aromatic nitrogens is 2. The van der Waals surface area contributed by atoms with Crippen LogP contribution in [0, 0.1) is 12.7 Å². The Morgan fingerprint density at radius 1 is 1.32 bits per heavy atom. The van der Waals surface area contributed by atoms with Crippen LogP contribution in [0.2, 0.25) is 0 Å². The Balaban J connectivity index is 1.87. The van der Waals surface area contributed by atoms with E-state index in [1.165, 1.54) is 29.8 Å². The van der Waals surface area contributed by atoms with Crippen LogP contribution in [0.5, 0.6) is 5.75 Å². The van der Waals surface area contributed by atoms with Crippen LogP contribution in [0.4, 0.5) is 4.39 Å². The zero-order chi connectivity index (χ0) is 20.3. The number of benzene rings is 1. The first-order valence-corrected chi connectivity index (χ1v) is 9.71. The highest BCUT2D eigenvalue weighted by Gasteiger charge is 2.23. The number of aryl methyl sites for hydroxylation is 1. The largest absolute Gasteiger partial charge is 0.494 e. The molecule has 0 unspecified atom stereocenters. The average molecular weight is 401 g/mol. The molecule has 0 N–H and O–H groups in total. The molecular formula is C20H20FN3O3S. The van der Waals surface area contributed by atoms with Gasteiger partial charge < -0.3 is 14.1 Å². The molecule has 0 aliphatic rings. The van der Waals surface area contributed by atoms with E-state index in [1.807, 2.05) is 6.26 Å². The molecule has 2 heterocycles. The van der Waals surface area contributed by atoms with Crippen molar-refractivity contribution in [3.05, 3.63) is 59.2 Å². The summed E-state index contributed by atoms with van der Waals surface area (Å²) in [6, 6.07) is 8.16. The van der Waals surface area contributed by atoms with Crippen molar-refractivity contribution in [3.63, 3.8) is 0 Å². The van der Waals surface area contributed by atoms with Crippen molar-refractivity contribution in [1.82, 2.24) is 14.9 Å². The standard InChI is InChI=1S/C20H20FN3O3S/c1-12-17(19(28-4)23-18(22-12)16-6-5-9-27-16)20(25)24(2)11-13-7-8-15(26-3)14(21)10-13/h5-10H,11H2,1-4H3. The van der Waals surface area contributed by atoms with Crippen molar-refractivity contribution in [2.24, 2.45) is 0 Å². The van der Waals surface area contributed by atoms with E-state index in [0.29, 0.717) is 33.4 Å². The van der Waals surface area contributed by atoms with Crippen molar-refractivity contribution < 1.29 is 18.3 Å². The van der Waals surface area contributed by atoms with E-state index in [9.17, 15) is 9.18 Å². The maximum Gasteiger partial charge on any atom is 0.258 e. The van der Waals surface area contributed by atoms with E-state index in [2.05, 4.69) is 9.97 Å². The first kappa shape index (κ1) is 19.9. The lowest BCUT2D eigenvalue weighted by atomic mass is 10.1. The Morgan fingerprint density at radius 3 is 2.71 bits per heavy atom. The number of methoxy groups -OCH3 is 1. The van der Waals surface area contributed by atoms with Crippen LogP contribution in [0.1, 0.15) is 21.6 Å². The molecule has 0 saturated heterocycles. The Labute approximate surface area is 166 Å². The summed E-state index contributed by atoms with van der Waals surface area (Å²) in [6.07, 6.45) is 3.40. The van der Waals surface area contributed by atoms with Crippen LogP contribution >= 0.6 is 11.8 Å². The van der Waals surface area contributed by atoms with Gasteiger partial charge in [-0.3, -0.25) is 4.79 Å². The quantitative estimate of drug-likeness (QED) is 0.456. The number of amides is 1. The molecule has 0 atom stereocenters. The highest BCUT2D eigenvalue weighted by Crippen LogP contribution is 2.26. The Morgan fingerprint density at radius 2 is 2.11 bits per heavy atom. The van der Waals surface area contributed by atoms with Crippen LogP contribution in [0.15, 0.2) is 46.0 Å². The third kappa shape index (κ3) is 4.01. The van der Waals surface area contributed by atoms with E-state index in [0.717, 1.165) is 0 Å². The lowest BCUT2D eigenvalue weighted by Crippen LogP contribution is -2.28. The normalized spacial score (nSPS) is 10.8. The molecule has 0 bridgehead atoms. The van der Waals surface area contributed by atoms with Crippen LogP contribution < -0.4 is 4.74 Å². The SMILES string of the molecule is COc1ccc(CN(C)C(=O)c2c(C)nc(-c3ccco3)nc2SC)cc1F. The number of nitrogens with zero attached hydrogens (tertiary/aromatic N) is 3. The van der Waals surface area contributed by atoms with Gasteiger partial charge in [0.05, 0.1) is 24.6 Å². The van der Waals surface area contributed by atoms with E-state index < -0.39 is 5.82 Å². The van der Waals surface area contributed by atoms with Crippen LogP contribution in [-0.4, -0.2) is 41.2 Å². The Kier molecular flexibility index (Phi) is 5.99. The molecule has 2 aromatic heterocycles. The summed E-state index contributed by atoms with van der Waals surface area (Å²) in [5.74, 6) is 0.444. The van der Waals surface area contributed by atoms with Gasteiger partial charge in [-0.05, 0) is 43.0 Å². The summed E-state index contributed by atoms with van der Waals surface area (Å²) in [5, 5.41) is 0.566. The Bertz CT molecular complexity index is 993. The minimum absolute atomic E-state index is 0.167. The van der Waals surface area contributed by atoms with Gasteiger partial charge in [0.25, 0.3) is 5.91 Å². The molecule has 0 aliphatic carbocycles. The van der Waals surface area contributed by atoms with Gasteiger partial charge in [0.15, 0.2) is 23.2 Å². The number of furan rings is 1. The second-order valence-electron chi connectivity index (χ2n) is 6.12. The zero-order valence-electron chi connectivity index (χ0n) is 16.0. The number of hydrogen-bond acceptors (Lipinski definition) is 6. The van der Waals surface area contributed by atoms with E-state index in [1.54, 1.807) is 44.5 Å². The topological polar surface area (TPSA) is 68.5 Å². The minimum Gasteiger partial charge on any atom is -0.494 e. The summed E-state index contributed by atoms with van der Waals surface area (Å²) in [6.45, 7) is 2.01. The second-order valence-corrected chi connectivity index (χ2v) is 6.92. The molecule has 8 heteroatoms. The average Bonchev–Trinajstić information content (AvgIpc) is 3.21. The first-order chi connectivity index (χ1) is 13.4. The van der Waals surface area contributed by atoms with Gasteiger partial charge in [-0.2, -0.15) is 0 Å². The molecule has 146 valence electrons. The molecule has 3 aromatic rings. The van der Waals surface area contributed by atoms with Gasteiger partial charge in [0.2, 0.25) is 0 Å². The van der Waals surface area contributed by atoms with Crippen molar-refractivity contribution in [3.8, 4) is 17.3 Å². The van der Waals surface area contributed by atoms with Crippen LogP contribution in [0.25, 0.3) is 11.6 Å². The summed E-state index contributed by atoms with van der Waals surface area (Å²) >= 11 is 1.36. The van der Waals surface area contributed by atoms with Gasteiger partial charge in [0.1, 0.15) is 5.03 Å². The summed E-state index contributed by atoms with van der Waals surface area (Å²) < 4.78 is 24.2. The first-order valence-electron chi connectivity index (χ1n) is 8.49. The molecule has 0 spiro atoms. The van der Waals surface area contributed by atoms with Crippen LogP contribution in [0.3, 0.4) is 0 Å². The van der Waals surface area contributed by atoms with Crippen molar-refractivity contribution in [1.29, 1.82) is 0 Å². The fourth-order valence-corrected chi connectivity index (χ4v) is 3.42. The molecule has 0 fully saturated rings. The maximum atomic E-state index is 13.9. The number of hydrogen-bond donors (Lipinski definition) is 0. The predicted octanol–water partition coefficient (Wildman–Crippen LogP) is 4.19. The van der Waals surface area contributed by atoms with Gasteiger partial charge in [-0.25, -0.2) is 14.4 Å². The maximum absolute atomic E-state index is 13.9. The van der Waals surface area contributed by atoms with Crippen molar-refractivity contribution in [2.45, 2.75) is 18.5 Å². The monoisotopic (exact) mass is 401 g/mol. The molecular weight excluding hydrogens is 381 g/mol. The fourth-order valence-electron chi connectivity index (χ4n) is 2.80. The number of ether oxygens (including phenoxy) is 1. The third-order valence-corrected chi connectivity index (χ3v) is 4.87. The molecule has 6 nitrogen and oxygen atoms in total. The van der Waals surface area contributed by atoms with Crippen molar-refractivity contribution >= 4 is 17.7 Å². The highest BCUT2D eigenvalue weighted by molar-refractivity contribution is 7.98. The molecule has 28 heavy (non-hydrogen) atoms. The molecule has 0 radical (unpaired) electrons. The van der Waals surface area contributed by atoms with E-state index >= 15 is 0 Å². The number of halogens is 1. The zero-order valence-corrected chi connectivity index (χ0v) is 16.8. The highest BCUT2D eigenvalue weighted by atomic mass is 32.2. The molecule has 1 amide bonds. The molecule has 0 saturated carbocycles. The lowest BCUT2D eigenvalue weighted by molar-refractivity contribution is 0.0779. The Hall–Kier alpha value is -2.87. The van der Waals surface area contributed by atoms with Crippen LogP contribution in [-0.2, 0) is 6.54 Å². The van der Waals surface area contributed by atoms with Gasteiger partial charge in [0, 0.05) is 13.6 Å². The van der Waals surface area contributed by atoms with Gasteiger partial charge in [-0.15, -0.1) is 11.8 Å². The van der Waals surface area contributed by atoms with Gasteiger partial charge in [-0.1, -0.05) is 6.07 Å². The van der Waals surface area contributed by atoms with E-state index in [-0.39, 0.29) is 18.2 Å². The number of carbonyl (C=O) groups is 1. The summed E-state index contributed by atoms with van der Waals surface area (Å²) in [7, 11) is 3.07. The lowest BCUT2D eigenvalue weighted by Gasteiger charge is -2.20. The number of rotatable bonds is 6. The number of carbonyl (C=O) groups excluding carboxylic acids is 1. The van der Waals surface area contributed by atoms with Gasteiger partial charge >= 0.3 is 0 Å². The second kappa shape index (κ2) is 8.43. The predicted molar refractivity (Wildman–Crippen MR) is 105 cm³/mol. The molecule has 3 rings (SSSR count). The minimum atomic E-state index is -0.465. The van der Waals surface area contributed by atoms with E-state index in [4.69, 9.17) is 9.15 Å². The van der Waals surface area contributed by atoms with Crippen molar-refractivity contribution in [2.75, 3.05) is 20.4 Å². The fraction of sp³-hybridized carbons (Fsp3) is 0.250.